The molecule has 0 saturated heterocycles. The Morgan fingerprint density at radius 3 is 2.17 bits per heavy atom. The third kappa shape index (κ3) is 7.38. The molecule has 0 aromatic heterocycles. The van der Waals surface area contributed by atoms with Gasteiger partial charge in [-0.2, -0.15) is 0 Å². The van der Waals surface area contributed by atoms with E-state index in [1.807, 2.05) is 0 Å². The predicted molar refractivity (Wildman–Crippen MR) is 126 cm³/mol. The number of benzene rings is 3. The number of rotatable bonds is 9. The first-order chi connectivity index (χ1) is 16.5. The minimum atomic E-state index is -4.80. The first kappa shape index (κ1) is 25.9. The van der Waals surface area contributed by atoms with Gasteiger partial charge in [0, 0.05) is 11.3 Å². The van der Waals surface area contributed by atoms with Gasteiger partial charge in [0.1, 0.15) is 11.5 Å². The molecule has 0 unspecified atom stereocenters. The van der Waals surface area contributed by atoms with E-state index in [0.717, 1.165) is 18.4 Å². The van der Waals surface area contributed by atoms with Gasteiger partial charge in [-0.1, -0.05) is 24.3 Å². The minimum Gasteiger partial charge on any atom is -0.492 e. The number of nitrogens with one attached hydrogen (secondary N) is 1. The highest BCUT2D eigenvalue weighted by Gasteiger charge is 2.31. The number of para-hydroxylation sites is 2. The van der Waals surface area contributed by atoms with Gasteiger partial charge in [0.15, 0.2) is 0 Å². The van der Waals surface area contributed by atoms with Crippen LogP contribution < -0.4 is 19.1 Å². The molecule has 11 heteroatoms. The molecule has 0 saturated carbocycles. The van der Waals surface area contributed by atoms with Gasteiger partial charge in [-0.05, 0) is 61.0 Å². The molecule has 3 aromatic rings. The van der Waals surface area contributed by atoms with Crippen molar-refractivity contribution in [2.24, 2.45) is 0 Å². The number of halogens is 3. The summed E-state index contributed by atoms with van der Waals surface area (Å²) in [7, 11) is -3.65. The molecule has 0 heterocycles. The third-order valence-corrected chi connectivity index (χ3v) is 5.85. The second-order valence-electron chi connectivity index (χ2n) is 7.39. The maximum absolute atomic E-state index is 12.5. The summed E-state index contributed by atoms with van der Waals surface area (Å²) >= 11 is 0. The quantitative estimate of drug-likeness (QED) is 0.429. The van der Waals surface area contributed by atoms with Gasteiger partial charge < -0.3 is 14.8 Å². The number of carbonyl (C=O) groups is 1. The largest absolute Gasteiger partial charge is 0.573 e. The van der Waals surface area contributed by atoms with E-state index in [-0.39, 0.29) is 17.8 Å². The van der Waals surface area contributed by atoms with Crippen molar-refractivity contribution in [1.82, 2.24) is 0 Å². The molecule has 35 heavy (non-hydrogen) atoms. The monoisotopic (exact) mass is 508 g/mol. The lowest BCUT2D eigenvalue weighted by Gasteiger charge is -2.24. The third-order valence-electron chi connectivity index (χ3n) is 4.72. The first-order valence-corrected chi connectivity index (χ1v) is 12.3. The molecule has 186 valence electrons. The van der Waals surface area contributed by atoms with Gasteiger partial charge in [0.25, 0.3) is 5.91 Å². The van der Waals surface area contributed by atoms with Crippen LogP contribution in [0.25, 0.3) is 0 Å². The number of alkyl halides is 3. The molecular formula is C24H23F3N2O5S. The standard InChI is InChI=1S/C24H23F3N2O5S/c1-3-33-22-7-5-4-6-21(22)29(35(2,31)32)16-17-8-10-18(11-9-17)23(30)28-19-12-14-20(15-13-19)34-24(25,26)27/h4-15H,3,16H2,1-2H3,(H,28,30). The molecule has 7 nitrogen and oxygen atoms in total. The Labute approximate surface area is 201 Å². The van der Waals surface area contributed by atoms with Gasteiger partial charge in [0.2, 0.25) is 10.0 Å². The summed E-state index contributed by atoms with van der Waals surface area (Å²) in [5.74, 6) is -0.452. The van der Waals surface area contributed by atoms with Gasteiger partial charge in [-0.25, -0.2) is 8.42 Å². The number of sulfonamides is 1. The van der Waals surface area contributed by atoms with Crippen molar-refractivity contribution in [3.63, 3.8) is 0 Å². The SMILES string of the molecule is CCOc1ccccc1N(Cc1ccc(C(=O)Nc2ccc(OC(F)(F)F)cc2)cc1)S(C)(=O)=O. The molecule has 0 radical (unpaired) electrons. The van der Waals surface area contributed by atoms with Crippen LogP contribution in [0.3, 0.4) is 0 Å². The van der Waals surface area contributed by atoms with Gasteiger partial charge in [0.05, 0.1) is 25.1 Å². The van der Waals surface area contributed by atoms with E-state index in [9.17, 15) is 26.4 Å². The van der Waals surface area contributed by atoms with Crippen LogP contribution in [-0.4, -0.2) is 33.5 Å². The Hall–Kier alpha value is -3.73. The highest BCUT2D eigenvalue weighted by atomic mass is 32.2. The van der Waals surface area contributed by atoms with Crippen LogP contribution in [0.1, 0.15) is 22.8 Å². The van der Waals surface area contributed by atoms with E-state index in [1.165, 1.54) is 28.6 Å². The van der Waals surface area contributed by atoms with E-state index in [0.29, 0.717) is 23.6 Å². The Balaban J connectivity index is 1.72. The number of carbonyl (C=O) groups excluding carboxylic acids is 1. The fraction of sp³-hybridized carbons (Fsp3) is 0.208. The zero-order valence-corrected chi connectivity index (χ0v) is 19.7. The summed E-state index contributed by atoms with van der Waals surface area (Å²) in [6, 6.07) is 17.8. The number of hydrogen-bond donors (Lipinski definition) is 1. The molecular weight excluding hydrogens is 485 g/mol. The lowest BCUT2D eigenvalue weighted by molar-refractivity contribution is -0.274. The second kappa shape index (κ2) is 10.7. The summed E-state index contributed by atoms with van der Waals surface area (Å²) in [4.78, 5) is 12.5. The van der Waals surface area contributed by atoms with Crippen molar-refractivity contribution in [2.45, 2.75) is 19.8 Å². The zero-order chi connectivity index (χ0) is 25.6. The number of amides is 1. The van der Waals surface area contributed by atoms with E-state index >= 15 is 0 Å². The van der Waals surface area contributed by atoms with Crippen molar-refractivity contribution in [3.05, 3.63) is 83.9 Å². The average Bonchev–Trinajstić information content (AvgIpc) is 2.78. The number of nitrogens with zero attached hydrogens (tertiary/aromatic N) is 1. The maximum atomic E-state index is 12.5. The first-order valence-electron chi connectivity index (χ1n) is 10.4. The summed E-state index contributed by atoms with van der Waals surface area (Å²) in [6.45, 7) is 2.19. The van der Waals surface area contributed by atoms with E-state index < -0.39 is 28.0 Å². The molecule has 1 N–H and O–H groups in total. The van der Waals surface area contributed by atoms with Crippen LogP contribution in [0.4, 0.5) is 24.5 Å². The summed E-state index contributed by atoms with van der Waals surface area (Å²) < 4.78 is 72.4. The summed E-state index contributed by atoms with van der Waals surface area (Å²) in [6.07, 6.45) is -3.70. The van der Waals surface area contributed by atoms with Crippen LogP contribution >= 0.6 is 0 Å². The second-order valence-corrected chi connectivity index (χ2v) is 9.30. The summed E-state index contributed by atoms with van der Waals surface area (Å²) in [5.41, 5.74) is 1.60. The predicted octanol–water partition coefficient (Wildman–Crippen LogP) is 5.20. The molecule has 3 aromatic carbocycles. The fourth-order valence-corrected chi connectivity index (χ4v) is 4.08. The van der Waals surface area contributed by atoms with Crippen LogP contribution in [0, 0.1) is 0 Å². The van der Waals surface area contributed by atoms with E-state index in [1.54, 1.807) is 43.3 Å². The van der Waals surface area contributed by atoms with E-state index in [2.05, 4.69) is 10.1 Å². The van der Waals surface area contributed by atoms with Gasteiger partial charge in [-0.3, -0.25) is 9.10 Å². The van der Waals surface area contributed by atoms with Crippen molar-refractivity contribution >= 4 is 27.3 Å². The van der Waals surface area contributed by atoms with Crippen LogP contribution in [-0.2, 0) is 16.6 Å². The number of hydrogen-bond acceptors (Lipinski definition) is 5. The molecule has 0 bridgehead atoms. The Bertz CT molecular complexity index is 1260. The highest BCUT2D eigenvalue weighted by molar-refractivity contribution is 7.92. The Morgan fingerprint density at radius 2 is 1.60 bits per heavy atom. The van der Waals surface area contributed by atoms with Crippen molar-refractivity contribution in [1.29, 1.82) is 0 Å². The van der Waals surface area contributed by atoms with Crippen molar-refractivity contribution in [2.75, 3.05) is 22.5 Å². The average molecular weight is 509 g/mol. The Kier molecular flexibility index (Phi) is 7.90. The Morgan fingerprint density at radius 1 is 0.971 bits per heavy atom. The van der Waals surface area contributed by atoms with Crippen LogP contribution in [0.5, 0.6) is 11.5 Å². The lowest BCUT2D eigenvalue weighted by atomic mass is 10.1. The number of ether oxygens (including phenoxy) is 2. The fourth-order valence-electron chi connectivity index (χ4n) is 3.19. The van der Waals surface area contributed by atoms with Crippen molar-refractivity contribution < 1.29 is 35.9 Å². The topological polar surface area (TPSA) is 84.9 Å². The zero-order valence-electron chi connectivity index (χ0n) is 18.9. The molecule has 1 amide bonds. The molecule has 0 aliphatic rings. The van der Waals surface area contributed by atoms with E-state index in [4.69, 9.17) is 4.74 Å². The molecule has 0 aliphatic carbocycles. The van der Waals surface area contributed by atoms with Crippen molar-refractivity contribution in [3.8, 4) is 11.5 Å². The highest BCUT2D eigenvalue weighted by Crippen LogP contribution is 2.31. The summed E-state index contributed by atoms with van der Waals surface area (Å²) in [5, 5.41) is 2.58. The number of anilines is 2. The van der Waals surface area contributed by atoms with Crippen LogP contribution in [0.2, 0.25) is 0 Å². The van der Waals surface area contributed by atoms with Gasteiger partial charge >= 0.3 is 6.36 Å². The molecule has 0 atom stereocenters. The van der Waals surface area contributed by atoms with Crippen LogP contribution in [0.15, 0.2) is 72.8 Å². The maximum Gasteiger partial charge on any atom is 0.573 e. The minimum absolute atomic E-state index is 0.0193. The lowest BCUT2D eigenvalue weighted by Crippen LogP contribution is -2.29. The smallest absolute Gasteiger partial charge is 0.492 e. The molecule has 0 spiro atoms. The normalized spacial score (nSPS) is 11.6. The van der Waals surface area contributed by atoms with Gasteiger partial charge in [-0.15, -0.1) is 13.2 Å². The molecule has 0 fully saturated rings. The molecule has 0 aliphatic heterocycles. The molecule has 3 rings (SSSR count).